The molecule has 0 aromatic carbocycles. The molecule has 4 aliphatic rings. The molecule has 5 rings (SSSR count). The van der Waals surface area contributed by atoms with Gasteiger partial charge in [-0.15, -0.1) is 0 Å². The Bertz CT molecular complexity index is 936. The second kappa shape index (κ2) is 7.05. The van der Waals surface area contributed by atoms with E-state index in [0.29, 0.717) is 23.3 Å². The first-order valence-electron chi connectivity index (χ1n) is 11.7. The molecule has 30 heavy (non-hydrogen) atoms. The van der Waals surface area contributed by atoms with Crippen LogP contribution < -0.4 is 0 Å². The zero-order valence-electron chi connectivity index (χ0n) is 18.2. The molecule has 0 bridgehead atoms. The molecule has 0 radical (unpaired) electrons. The Morgan fingerprint density at radius 3 is 2.87 bits per heavy atom. The lowest BCUT2D eigenvalue weighted by Crippen LogP contribution is -2.46. The predicted octanol–water partition coefficient (Wildman–Crippen LogP) is 4.41. The van der Waals surface area contributed by atoms with E-state index in [-0.39, 0.29) is 23.7 Å². The molecule has 0 spiro atoms. The molecular weight excluding hydrogens is 374 g/mol. The van der Waals surface area contributed by atoms with E-state index in [1.165, 1.54) is 19.0 Å². The number of hydrogen-bond acceptors (Lipinski definition) is 4. The van der Waals surface area contributed by atoms with Crippen molar-refractivity contribution in [3.63, 3.8) is 0 Å². The summed E-state index contributed by atoms with van der Waals surface area (Å²) in [5.74, 6) is 2.42. The summed E-state index contributed by atoms with van der Waals surface area (Å²) in [7, 11) is 0. The summed E-state index contributed by atoms with van der Waals surface area (Å²) in [4.78, 5) is 13.3. The van der Waals surface area contributed by atoms with E-state index < -0.39 is 5.60 Å². The molecule has 1 heterocycles. The van der Waals surface area contributed by atoms with Crippen LogP contribution in [-0.4, -0.2) is 26.3 Å². The second-order valence-corrected chi connectivity index (χ2v) is 10.9. The first kappa shape index (κ1) is 20.0. The molecular formula is C25H33N3O2. The van der Waals surface area contributed by atoms with Crippen molar-refractivity contribution >= 4 is 5.78 Å². The van der Waals surface area contributed by atoms with Crippen LogP contribution in [0.4, 0.5) is 0 Å². The van der Waals surface area contributed by atoms with Gasteiger partial charge < -0.3 is 5.11 Å². The van der Waals surface area contributed by atoms with Gasteiger partial charge in [0, 0.05) is 12.1 Å². The number of nitriles is 1. The molecule has 2 saturated carbocycles. The third-order valence-corrected chi connectivity index (χ3v) is 9.11. The number of hydrogen-bond donors (Lipinski definition) is 1. The fourth-order valence-electron chi connectivity index (χ4n) is 7.71. The average Bonchev–Trinajstić information content (AvgIpc) is 3.30. The van der Waals surface area contributed by atoms with Crippen LogP contribution in [0, 0.1) is 40.4 Å². The Kier molecular flexibility index (Phi) is 4.70. The number of fused-ring (bicyclic) bond motifs is 4. The Morgan fingerprint density at radius 2 is 2.10 bits per heavy atom. The smallest absolute Gasteiger partial charge is 0.157 e. The van der Waals surface area contributed by atoms with E-state index in [0.717, 1.165) is 44.9 Å². The lowest BCUT2D eigenvalue weighted by atomic mass is 9.52. The van der Waals surface area contributed by atoms with Crippen LogP contribution in [0.2, 0.25) is 0 Å². The van der Waals surface area contributed by atoms with E-state index in [4.69, 9.17) is 5.26 Å². The summed E-state index contributed by atoms with van der Waals surface area (Å²) in [5, 5.41) is 23.7. The third kappa shape index (κ3) is 3.15. The summed E-state index contributed by atoms with van der Waals surface area (Å²) in [6.07, 6.45) is 12.9. The zero-order valence-corrected chi connectivity index (χ0v) is 18.2. The van der Waals surface area contributed by atoms with Gasteiger partial charge in [-0.2, -0.15) is 10.4 Å². The van der Waals surface area contributed by atoms with Gasteiger partial charge in [-0.1, -0.05) is 18.1 Å². The number of carbonyl (C=O) groups is 1. The van der Waals surface area contributed by atoms with Gasteiger partial charge in [0.25, 0.3) is 0 Å². The van der Waals surface area contributed by atoms with Crippen molar-refractivity contribution in [3.8, 4) is 6.07 Å². The van der Waals surface area contributed by atoms with E-state index in [2.05, 4.69) is 18.1 Å². The molecule has 0 aliphatic heterocycles. The van der Waals surface area contributed by atoms with Crippen molar-refractivity contribution in [2.75, 3.05) is 0 Å². The molecule has 0 amide bonds. The Hall–Kier alpha value is -1.93. The minimum atomic E-state index is -0.516. The summed E-state index contributed by atoms with van der Waals surface area (Å²) >= 11 is 0. The summed E-state index contributed by atoms with van der Waals surface area (Å²) < 4.78 is 1.63. The van der Waals surface area contributed by atoms with Gasteiger partial charge in [-0.25, -0.2) is 0 Å². The lowest BCUT2D eigenvalue weighted by molar-refractivity contribution is -0.129. The highest BCUT2D eigenvalue weighted by Crippen LogP contribution is 2.63. The van der Waals surface area contributed by atoms with Crippen LogP contribution >= 0.6 is 0 Å². The fraction of sp³-hybridized carbons (Fsp3) is 0.720. The standard InChI is InChI=1S/C25H33N3O2/c1-24(30)9-7-18-17(11-24)3-4-20-19(18)8-10-25(2)21(20)5-6-22(25)23(29)15-28-14-16(12-26)13-27-28/h13-14,19-22,30H,3-11,15H2,1-2H3/t19?,20-,21+,22-,24-,25+/m1/s1. The maximum Gasteiger partial charge on any atom is 0.157 e. The molecule has 6 atom stereocenters. The van der Waals surface area contributed by atoms with Crippen LogP contribution in [0.25, 0.3) is 0 Å². The molecule has 4 aliphatic carbocycles. The van der Waals surface area contributed by atoms with Gasteiger partial charge in [-0.05, 0) is 87.9 Å². The van der Waals surface area contributed by atoms with Crippen molar-refractivity contribution < 1.29 is 9.90 Å². The van der Waals surface area contributed by atoms with Crippen LogP contribution in [0.5, 0.6) is 0 Å². The summed E-state index contributed by atoms with van der Waals surface area (Å²) in [6, 6.07) is 2.09. The van der Waals surface area contributed by atoms with Crippen LogP contribution in [0.1, 0.15) is 77.2 Å². The fourth-order valence-corrected chi connectivity index (χ4v) is 7.71. The van der Waals surface area contributed by atoms with E-state index in [9.17, 15) is 9.90 Å². The summed E-state index contributed by atoms with van der Waals surface area (Å²) in [5.41, 5.74) is 3.32. The number of aromatic nitrogens is 2. The number of allylic oxidation sites excluding steroid dienone is 1. The van der Waals surface area contributed by atoms with Crippen molar-refractivity contribution in [1.82, 2.24) is 9.78 Å². The van der Waals surface area contributed by atoms with Gasteiger partial charge in [0.1, 0.15) is 6.07 Å². The topological polar surface area (TPSA) is 78.9 Å². The highest BCUT2D eigenvalue weighted by atomic mass is 16.3. The quantitative estimate of drug-likeness (QED) is 0.753. The van der Waals surface area contributed by atoms with Crippen molar-refractivity contribution in [2.24, 2.45) is 29.1 Å². The molecule has 1 N–H and O–H groups in total. The monoisotopic (exact) mass is 407 g/mol. The molecule has 1 aromatic heterocycles. The highest BCUT2D eigenvalue weighted by molar-refractivity contribution is 5.82. The minimum Gasteiger partial charge on any atom is -0.390 e. The Morgan fingerprint density at radius 1 is 1.27 bits per heavy atom. The number of carbonyl (C=O) groups excluding carboxylic acids is 1. The SMILES string of the molecule is C[C@@]1(O)CCC2=C(CC[C@@H]3C2CC[C@]2(C)[C@@H](C(=O)Cn4cc(C#N)cn4)CC[C@@H]32)C1. The highest BCUT2D eigenvalue weighted by Gasteiger charge is 2.57. The van der Waals surface area contributed by atoms with Crippen molar-refractivity contribution in [3.05, 3.63) is 29.1 Å². The lowest BCUT2D eigenvalue weighted by Gasteiger charge is -2.52. The zero-order chi connectivity index (χ0) is 21.1. The Balaban J connectivity index is 1.34. The number of rotatable bonds is 3. The molecule has 1 unspecified atom stereocenters. The molecule has 5 heteroatoms. The van der Waals surface area contributed by atoms with Gasteiger partial charge >= 0.3 is 0 Å². The number of aliphatic hydroxyl groups is 1. The second-order valence-electron chi connectivity index (χ2n) is 10.9. The van der Waals surface area contributed by atoms with E-state index in [1.54, 1.807) is 22.0 Å². The minimum absolute atomic E-state index is 0.0989. The first-order valence-corrected chi connectivity index (χ1v) is 11.7. The average molecular weight is 408 g/mol. The molecule has 0 saturated heterocycles. The van der Waals surface area contributed by atoms with E-state index >= 15 is 0 Å². The van der Waals surface area contributed by atoms with Crippen LogP contribution in [0.3, 0.4) is 0 Å². The number of nitrogens with zero attached hydrogens (tertiary/aromatic N) is 3. The van der Waals surface area contributed by atoms with Crippen molar-refractivity contribution in [2.45, 2.75) is 83.8 Å². The van der Waals surface area contributed by atoms with Gasteiger partial charge in [0.05, 0.1) is 23.9 Å². The van der Waals surface area contributed by atoms with Gasteiger partial charge in [-0.3, -0.25) is 9.48 Å². The summed E-state index contributed by atoms with van der Waals surface area (Å²) in [6.45, 7) is 4.66. The molecule has 160 valence electrons. The normalized spacial score (nSPS) is 40.3. The van der Waals surface area contributed by atoms with Gasteiger partial charge in [0.2, 0.25) is 0 Å². The number of Topliss-reactive ketones (excluding diaryl/α,β-unsaturated/α-hetero) is 1. The third-order valence-electron chi connectivity index (χ3n) is 9.11. The molecule has 1 aromatic rings. The maximum atomic E-state index is 13.3. The number of ketones is 1. The molecule has 2 fully saturated rings. The maximum absolute atomic E-state index is 13.3. The van der Waals surface area contributed by atoms with Crippen LogP contribution in [0.15, 0.2) is 23.5 Å². The molecule has 5 nitrogen and oxygen atoms in total. The Labute approximate surface area is 179 Å². The first-order chi connectivity index (χ1) is 14.3. The van der Waals surface area contributed by atoms with E-state index in [1.807, 2.05) is 6.92 Å². The largest absolute Gasteiger partial charge is 0.390 e. The van der Waals surface area contributed by atoms with Gasteiger partial charge in [0.15, 0.2) is 5.78 Å². The van der Waals surface area contributed by atoms with Crippen molar-refractivity contribution in [1.29, 1.82) is 5.26 Å². The predicted molar refractivity (Wildman–Crippen MR) is 113 cm³/mol. The van der Waals surface area contributed by atoms with Crippen LogP contribution in [-0.2, 0) is 11.3 Å².